The summed E-state index contributed by atoms with van der Waals surface area (Å²) in [6.07, 6.45) is 0.544. The number of H-pyrrole nitrogens is 1. The molecule has 42 heavy (non-hydrogen) atoms. The van der Waals surface area contributed by atoms with E-state index in [1.165, 1.54) is 10.9 Å². The van der Waals surface area contributed by atoms with E-state index in [4.69, 9.17) is 13.6 Å². The van der Waals surface area contributed by atoms with Gasteiger partial charge < -0.3 is 23.9 Å². The van der Waals surface area contributed by atoms with E-state index in [1.807, 2.05) is 18.2 Å². The molecule has 11 nitrogen and oxygen atoms in total. The van der Waals surface area contributed by atoms with Crippen LogP contribution in [0.5, 0.6) is 0 Å². The summed E-state index contributed by atoms with van der Waals surface area (Å²) in [6.45, 7) is 22.5. The van der Waals surface area contributed by atoms with Crippen LogP contribution in [0.4, 0.5) is 16.3 Å². The van der Waals surface area contributed by atoms with Crippen LogP contribution < -0.4 is 16.3 Å². The standard InChI is InChI=1S/C29H46N6O5Si2/c1-28(2,3)41(7,8)38-17-21-20(40-42(9,10)29(4,5)6)16-22(39-21)35-25-23(33-27(35)37)24(30-18-31-25)34-26(36)32-19-14-12-11-13-15-19/h11-15,18,20-22H,16-17H2,1-10H3,(H,33,37)(H2,30,31,32,34,36)/t20?,21-,22-/m1/s1. The molecule has 2 amide bonds. The van der Waals surface area contributed by atoms with Gasteiger partial charge in [-0.3, -0.25) is 5.32 Å². The summed E-state index contributed by atoms with van der Waals surface area (Å²) >= 11 is 0. The van der Waals surface area contributed by atoms with E-state index in [0.29, 0.717) is 29.9 Å². The van der Waals surface area contributed by atoms with Crippen molar-refractivity contribution in [3.8, 4) is 0 Å². The number of imidazole rings is 1. The highest BCUT2D eigenvalue weighted by molar-refractivity contribution is 6.74. The summed E-state index contributed by atoms with van der Waals surface area (Å²) in [5, 5.41) is 5.52. The summed E-state index contributed by atoms with van der Waals surface area (Å²) in [5.74, 6) is 0.189. The van der Waals surface area contributed by atoms with Crippen LogP contribution in [-0.2, 0) is 13.6 Å². The number of anilines is 2. The fourth-order valence-corrected chi connectivity index (χ4v) is 6.66. The number of fused-ring (bicyclic) bond motifs is 1. The van der Waals surface area contributed by atoms with Gasteiger partial charge in [0.25, 0.3) is 0 Å². The van der Waals surface area contributed by atoms with Gasteiger partial charge >= 0.3 is 11.7 Å². The first-order valence-corrected chi connectivity index (χ1v) is 20.3. The van der Waals surface area contributed by atoms with E-state index in [2.05, 4.69) is 93.3 Å². The fraction of sp³-hybridized carbons (Fsp3) is 0.586. The van der Waals surface area contributed by atoms with E-state index < -0.39 is 34.6 Å². The molecule has 1 aliphatic heterocycles. The number of carbonyl (C=O) groups is 1. The first kappa shape index (κ1) is 32.1. The number of ether oxygens (including phenoxy) is 1. The van der Waals surface area contributed by atoms with E-state index in [0.717, 1.165) is 0 Å². The molecule has 1 fully saturated rings. The van der Waals surface area contributed by atoms with Gasteiger partial charge in [0.2, 0.25) is 0 Å². The molecule has 1 aromatic carbocycles. The van der Waals surface area contributed by atoms with Crippen molar-refractivity contribution in [3.63, 3.8) is 0 Å². The second kappa shape index (κ2) is 11.7. The van der Waals surface area contributed by atoms with Crippen LogP contribution in [-0.4, -0.2) is 61.0 Å². The number of amides is 2. The summed E-state index contributed by atoms with van der Waals surface area (Å²) in [7, 11) is -4.22. The van der Waals surface area contributed by atoms with Crippen molar-refractivity contribution in [2.45, 2.75) is 103 Å². The van der Waals surface area contributed by atoms with Crippen LogP contribution in [0, 0.1) is 0 Å². The Balaban J connectivity index is 1.61. The molecular weight excluding hydrogens is 569 g/mol. The zero-order valence-electron chi connectivity index (χ0n) is 26.5. The lowest BCUT2D eigenvalue weighted by atomic mass is 10.2. The number of para-hydroxylation sites is 1. The number of benzene rings is 1. The van der Waals surface area contributed by atoms with Crippen LogP contribution in [0.25, 0.3) is 11.2 Å². The topological polar surface area (TPSA) is 132 Å². The molecule has 3 heterocycles. The second-order valence-corrected chi connectivity index (χ2v) is 23.6. The highest BCUT2D eigenvalue weighted by Crippen LogP contribution is 2.42. The van der Waals surface area contributed by atoms with Crippen molar-refractivity contribution < 1.29 is 18.4 Å². The van der Waals surface area contributed by atoms with Gasteiger partial charge in [-0.1, -0.05) is 59.7 Å². The number of nitrogens with one attached hydrogen (secondary N) is 3. The van der Waals surface area contributed by atoms with Crippen LogP contribution in [0.1, 0.15) is 54.2 Å². The molecule has 3 aromatic rings. The van der Waals surface area contributed by atoms with Crippen LogP contribution in [0.15, 0.2) is 41.5 Å². The van der Waals surface area contributed by atoms with Crippen LogP contribution >= 0.6 is 0 Å². The van der Waals surface area contributed by atoms with Gasteiger partial charge in [-0.15, -0.1) is 0 Å². The number of hydrogen-bond donors (Lipinski definition) is 3. The fourth-order valence-electron chi connectivity index (χ4n) is 4.29. The summed E-state index contributed by atoms with van der Waals surface area (Å²) in [4.78, 5) is 37.4. The number of aromatic amines is 1. The van der Waals surface area contributed by atoms with Crippen molar-refractivity contribution in [3.05, 3.63) is 47.1 Å². The normalized spacial score (nSPS) is 20.2. The third-order valence-corrected chi connectivity index (χ3v) is 17.9. The smallest absolute Gasteiger partial charge is 0.329 e. The van der Waals surface area contributed by atoms with Crippen LogP contribution in [0.3, 0.4) is 0 Å². The van der Waals surface area contributed by atoms with Crippen molar-refractivity contribution in [2.24, 2.45) is 0 Å². The van der Waals surface area contributed by atoms with Gasteiger partial charge in [-0.05, 0) is 48.4 Å². The Morgan fingerprint density at radius 3 is 2.29 bits per heavy atom. The Hall–Kier alpha value is -2.85. The van der Waals surface area contributed by atoms with Crippen LogP contribution in [0.2, 0.25) is 36.3 Å². The van der Waals surface area contributed by atoms with Gasteiger partial charge in [0.15, 0.2) is 28.1 Å². The maximum atomic E-state index is 13.3. The maximum absolute atomic E-state index is 13.3. The summed E-state index contributed by atoms with van der Waals surface area (Å²) in [6, 6.07) is 8.57. The molecule has 1 unspecified atom stereocenters. The minimum atomic E-state index is -2.16. The van der Waals surface area contributed by atoms with Gasteiger partial charge in [-0.25, -0.2) is 24.1 Å². The Labute approximate surface area is 250 Å². The third kappa shape index (κ3) is 6.86. The lowest BCUT2D eigenvalue weighted by molar-refractivity contribution is -0.0393. The average molecular weight is 615 g/mol. The van der Waals surface area contributed by atoms with Crippen molar-refractivity contribution in [2.75, 3.05) is 17.2 Å². The third-order valence-electron chi connectivity index (χ3n) is 8.91. The molecule has 2 aromatic heterocycles. The number of nitrogens with zero attached hydrogens (tertiary/aromatic N) is 3. The lowest BCUT2D eigenvalue weighted by Gasteiger charge is -2.40. The largest absolute Gasteiger partial charge is 0.414 e. The average Bonchev–Trinajstić information content (AvgIpc) is 3.41. The molecule has 0 spiro atoms. The number of hydrogen-bond acceptors (Lipinski definition) is 7. The molecule has 0 saturated carbocycles. The molecule has 230 valence electrons. The predicted octanol–water partition coefficient (Wildman–Crippen LogP) is 6.46. The van der Waals surface area contributed by atoms with E-state index in [-0.39, 0.29) is 28.1 Å². The highest BCUT2D eigenvalue weighted by atomic mass is 28.4. The molecule has 0 radical (unpaired) electrons. The van der Waals surface area contributed by atoms with Gasteiger partial charge in [0.05, 0.1) is 12.7 Å². The molecular formula is C29H46N6O5Si2. The molecule has 4 rings (SSSR count). The Bertz CT molecular complexity index is 1460. The summed E-state index contributed by atoms with van der Waals surface area (Å²) in [5.41, 5.74) is 0.882. The maximum Gasteiger partial charge on any atom is 0.329 e. The number of rotatable bonds is 8. The number of urea groups is 1. The predicted molar refractivity (Wildman–Crippen MR) is 171 cm³/mol. The SMILES string of the molecule is CC(C)(C)[Si](C)(C)OC[C@H]1O[C@@H](n2c(=O)[nH]c3c(NC(=O)Nc4ccccc4)ncnc32)CC1O[Si](C)(C)C(C)(C)C. The highest BCUT2D eigenvalue weighted by Gasteiger charge is 2.47. The Morgan fingerprint density at radius 2 is 1.67 bits per heavy atom. The monoisotopic (exact) mass is 614 g/mol. The Morgan fingerprint density at radius 1 is 1.02 bits per heavy atom. The molecule has 3 N–H and O–H groups in total. The van der Waals surface area contributed by atoms with Gasteiger partial charge in [0, 0.05) is 12.1 Å². The van der Waals surface area contributed by atoms with Gasteiger partial charge in [-0.2, -0.15) is 0 Å². The minimum Gasteiger partial charge on any atom is -0.414 e. The molecule has 0 aliphatic carbocycles. The Kier molecular flexibility index (Phi) is 8.92. The minimum absolute atomic E-state index is 0.00165. The second-order valence-electron chi connectivity index (χ2n) is 14.0. The lowest BCUT2D eigenvalue weighted by Crippen LogP contribution is -2.48. The number of aromatic nitrogens is 4. The van der Waals surface area contributed by atoms with E-state index >= 15 is 0 Å². The molecule has 3 atom stereocenters. The molecule has 1 aliphatic rings. The van der Waals surface area contributed by atoms with Crippen molar-refractivity contribution in [1.82, 2.24) is 19.5 Å². The van der Waals surface area contributed by atoms with E-state index in [1.54, 1.807) is 12.1 Å². The van der Waals surface area contributed by atoms with E-state index in [9.17, 15) is 9.59 Å². The summed E-state index contributed by atoms with van der Waals surface area (Å²) < 4.78 is 21.5. The van der Waals surface area contributed by atoms with Gasteiger partial charge in [0.1, 0.15) is 24.2 Å². The zero-order valence-corrected chi connectivity index (χ0v) is 28.5. The molecule has 1 saturated heterocycles. The first-order valence-electron chi connectivity index (χ1n) is 14.5. The van der Waals surface area contributed by atoms with Crippen molar-refractivity contribution >= 4 is 45.3 Å². The quantitative estimate of drug-likeness (QED) is 0.248. The zero-order chi connectivity index (χ0) is 31.1. The number of carbonyl (C=O) groups excluding carboxylic acids is 1. The van der Waals surface area contributed by atoms with Crippen molar-refractivity contribution in [1.29, 1.82) is 0 Å². The molecule has 0 bridgehead atoms. The first-order chi connectivity index (χ1) is 19.4. The molecule has 13 heteroatoms.